The van der Waals surface area contributed by atoms with Gasteiger partial charge in [-0.15, -0.1) is 0 Å². The molecule has 84 valence electrons. The minimum absolute atomic E-state index is 0.0160. The first-order valence-corrected chi connectivity index (χ1v) is 5.12. The molecule has 1 aromatic carbocycles. The first kappa shape index (κ1) is 12.4. The Labute approximate surface area is 93.6 Å². The fourth-order valence-electron chi connectivity index (χ4n) is 1.06. The largest absolute Gasteiger partial charge is 0.392 e. The van der Waals surface area contributed by atoms with E-state index in [1.54, 1.807) is 0 Å². The van der Waals surface area contributed by atoms with Crippen LogP contribution in [0.5, 0.6) is 0 Å². The molecule has 0 aliphatic heterocycles. The molecule has 0 saturated heterocycles. The van der Waals surface area contributed by atoms with Crippen LogP contribution in [0.1, 0.15) is 12.0 Å². The van der Waals surface area contributed by atoms with E-state index in [2.05, 4.69) is 0 Å². The highest BCUT2D eigenvalue weighted by Crippen LogP contribution is 2.20. The first-order chi connectivity index (χ1) is 7.14. The molecule has 0 unspecified atom stereocenters. The van der Waals surface area contributed by atoms with Crippen LogP contribution in [-0.4, -0.2) is 23.4 Å². The van der Waals surface area contributed by atoms with Gasteiger partial charge in [0.15, 0.2) is 0 Å². The Balaban J connectivity index is 2.18. The highest BCUT2D eigenvalue weighted by atomic mass is 35.5. The fraction of sp³-hybridized carbons (Fsp3) is 0.455. The smallest absolute Gasteiger partial charge is 0.208 e. The Morgan fingerprint density at radius 2 is 2.00 bits per heavy atom. The van der Waals surface area contributed by atoms with Gasteiger partial charge in [-0.2, -0.15) is 0 Å². The van der Waals surface area contributed by atoms with E-state index in [-0.39, 0.29) is 13.0 Å². The molecular formula is C11H14ClFO2. The highest BCUT2D eigenvalue weighted by Gasteiger charge is 2.24. The summed E-state index contributed by atoms with van der Waals surface area (Å²) in [5, 5.41) is 6.49. The molecule has 0 fully saturated rings. The maximum Gasteiger partial charge on any atom is 0.208 e. The number of ether oxygens (including phenoxy) is 1. The summed E-state index contributed by atoms with van der Waals surface area (Å²) in [7, 11) is 0. The summed E-state index contributed by atoms with van der Waals surface area (Å²) in [6.07, 6.45) is -0.0160. The van der Waals surface area contributed by atoms with E-state index in [1.807, 2.05) is 30.3 Å². The molecule has 1 rings (SSSR count). The number of aliphatic hydroxyl groups is 1. The second-order valence-electron chi connectivity index (χ2n) is 3.30. The Bertz CT molecular complexity index is 277. The molecule has 0 amide bonds. The molecular weight excluding hydrogens is 219 g/mol. The second-order valence-corrected chi connectivity index (χ2v) is 3.98. The lowest BCUT2D eigenvalue weighted by Gasteiger charge is -2.14. The molecule has 1 aromatic rings. The third-order valence-corrected chi connectivity index (χ3v) is 2.26. The van der Waals surface area contributed by atoms with Gasteiger partial charge in [0.2, 0.25) is 5.13 Å². The van der Waals surface area contributed by atoms with E-state index in [0.29, 0.717) is 6.61 Å². The summed E-state index contributed by atoms with van der Waals surface area (Å²) in [4.78, 5) is 0. The first-order valence-electron chi connectivity index (χ1n) is 4.74. The lowest BCUT2D eigenvalue weighted by Crippen LogP contribution is -2.21. The van der Waals surface area contributed by atoms with Gasteiger partial charge in [0.1, 0.15) is 0 Å². The summed E-state index contributed by atoms with van der Waals surface area (Å²) in [6.45, 7) is -0.0715. The molecule has 0 aliphatic carbocycles. The van der Waals surface area contributed by atoms with Crippen molar-refractivity contribution in [2.24, 2.45) is 0 Å². The molecule has 0 heterocycles. The van der Waals surface area contributed by atoms with E-state index in [4.69, 9.17) is 21.4 Å². The van der Waals surface area contributed by atoms with E-state index >= 15 is 0 Å². The average molecular weight is 233 g/mol. The van der Waals surface area contributed by atoms with E-state index in [0.717, 1.165) is 5.56 Å². The molecule has 0 radical (unpaired) electrons. The maximum absolute atomic E-state index is 13.0. The van der Waals surface area contributed by atoms with Crippen molar-refractivity contribution in [3.8, 4) is 0 Å². The monoisotopic (exact) mass is 232 g/mol. The van der Waals surface area contributed by atoms with Crippen LogP contribution in [0.4, 0.5) is 4.39 Å². The minimum Gasteiger partial charge on any atom is -0.392 e. The van der Waals surface area contributed by atoms with Crippen molar-refractivity contribution in [3.63, 3.8) is 0 Å². The minimum atomic E-state index is -2.06. The Kier molecular flexibility index (Phi) is 5.02. The maximum atomic E-state index is 13.0. The van der Waals surface area contributed by atoms with Gasteiger partial charge in [0.05, 0.1) is 19.8 Å². The van der Waals surface area contributed by atoms with Gasteiger partial charge in [0.25, 0.3) is 0 Å². The van der Waals surface area contributed by atoms with Crippen molar-refractivity contribution in [2.45, 2.75) is 18.2 Å². The SMILES string of the molecule is OC[C@](F)(Cl)CCOCc1ccccc1. The molecule has 0 bridgehead atoms. The van der Waals surface area contributed by atoms with Gasteiger partial charge in [-0.3, -0.25) is 0 Å². The standard InChI is InChI=1S/C11H14ClFO2/c12-11(13,9-14)6-7-15-8-10-4-2-1-3-5-10/h1-5,14H,6-9H2/t11-/m0/s1. The van der Waals surface area contributed by atoms with E-state index in [9.17, 15) is 4.39 Å². The van der Waals surface area contributed by atoms with Gasteiger partial charge in [-0.1, -0.05) is 41.9 Å². The summed E-state index contributed by atoms with van der Waals surface area (Å²) < 4.78 is 18.2. The molecule has 0 spiro atoms. The van der Waals surface area contributed by atoms with Crippen LogP contribution >= 0.6 is 11.6 Å². The number of hydrogen-bond donors (Lipinski definition) is 1. The van der Waals surface area contributed by atoms with Crippen molar-refractivity contribution >= 4 is 11.6 Å². The molecule has 1 N–H and O–H groups in total. The highest BCUT2D eigenvalue weighted by molar-refractivity contribution is 6.22. The van der Waals surface area contributed by atoms with Crippen LogP contribution in [0.15, 0.2) is 30.3 Å². The number of alkyl halides is 2. The summed E-state index contributed by atoms with van der Waals surface area (Å²) in [5.74, 6) is 0. The average Bonchev–Trinajstić information content (AvgIpc) is 2.26. The third kappa shape index (κ3) is 5.11. The van der Waals surface area contributed by atoms with E-state index < -0.39 is 11.7 Å². The third-order valence-electron chi connectivity index (χ3n) is 1.96. The van der Waals surface area contributed by atoms with Gasteiger partial charge >= 0.3 is 0 Å². The zero-order chi connectivity index (χ0) is 11.1. The van der Waals surface area contributed by atoms with Gasteiger partial charge in [-0.25, -0.2) is 4.39 Å². The quantitative estimate of drug-likeness (QED) is 0.603. The van der Waals surface area contributed by atoms with Crippen LogP contribution in [0.3, 0.4) is 0 Å². The second kappa shape index (κ2) is 6.05. The summed E-state index contributed by atoms with van der Waals surface area (Å²) in [6, 6.07) is 9.59. The molecule has 15 heavy (non-hydrogen) atoms. The Hall–Kier alpha value is -0.640. The number of benzene rings is 1. The molecule has 0 saturated carbocycles. The summed E-state index contributed by atoms with van der Waals surface area (Å²) in [5.41, 5.74) is 1.03. The van der Waals surface area contributed by atoms with Crippen LogP contribution < -0.4 is 0 Å². The predicted octanol–water partition coefficient (Wildman–Crippen LogP) is 2.49. The van der Waals surface area contributed by atoms with Crippen molar-refractivity contribution in [2.75, 3.05) is 13.2 Å². The normalized spacial score (nSPS) is 14.9. The van der Waals surface area contributed by atoms with E-state index in [1.165, 1.54) is 0 Å². The molecule has 2 nitrogen and oxygen atoms in total. The lowest BCUT2D eigenvalue weighted by atomic mass is 10.2. The zero-order valence-electron chi connectivity index (χ0n) is 8.33. The number of halogens is 2. The van der Waals surface area contributed by atoms with Crippen LogP contribution in [0.25, 0.3) is 0 Å². The molecule has 0 aliphatic rings. The zero-order valence-corrected chi connectivity index (χ0v) is 9.08. The molecule has 1 atom stereocenters. The number of rotatable bonds is 6. The van der Waals surface area contributed by atoms with Crippen molar-refractivity contribution in [3.05, 3.63) is 35.9 Å². The molecule has 4 heteroatoms. The van der Waals surface area contributed by atoms with Crippen molar-refractivity contribution in [1.29, 1.82) is 0 Å². The van der Waals surface area contributed by atoms with Crippen molar-refractivity contribution < 1.29 is 14.2 Å². The fourth-order valence-corrected chi connectivity index (χ4v) is 1.14. The van der Waals surface area contributed by atoms with Gasteiger partial charge < -0.3 is 9.84 Å². The van der Waals surface area contributed by atoms with Crippen molar-refractivity contribution in [1.82, 2.24) is 0 Å². The number of hydrogen-bond acceptors (Lipinski definition) is 2. The Morgan fingerprint density at radius 1 is 1.33 bits per heavy atom. The van der Waals surface area contributed by atoms with Crippen LogP contribution in [0, 0.1) is 0 Å². The topological polar surface area (TPSA) is 29.5 Å². The predicted molar refractivity (Wildman–Crippen MR) is 57.5 cm³/mol. The van der Waals surface area contributed by atoms with Crippen LogP contribution in [-0.2, 0) is 11.3 Å². The molecule has 0 aromatic heterocycles. The summed E-state index contributed by atoms with van der Waals surface area (Å²) >= 11 is 5.31. The lowest BCUT2D eigenvalue weighted by molar-refractivity contribution is 0.0663. The number of aliphatic hydroxyl groups excluding tert-OH is 1. The van der Waals surface area contributed by atoms with Gasteiger partial charge in [0, 0.05) is 6.42 Å². The van der Waals surface area contributed by atoms with Gasteiger partial charge in [-0.05, 0) is 5.56 Å². The van der Waals surface area contributed by atoms with Crippen LogP contribution in [0.2, 0.25) is 0 Å². The Morgan fingerprint density at radius 3 is 2.60 bits per heavy atom.